The molecular formula is C11H18N2. The first-order valence-corrected chi connectivity index (χ1v) is 4.90. The smallest absolute Gasteiger partial charge is 0.0433 e. The molecule has 0 unspecified atom stereocenters. The number of aryl methyl sites for hydroxylation is 2. The predicted molar refractivity (Wildman–Crippen MR) is 55.6 cm³/mol. The van der Waals surface area contributed by atoms with E-state index in [2.05, 4.69) is 24.9 Å². The molecule has 72 valence electrons. The average molecular weight is 178 g/mol. The van der Waals surface area contributed by atoms with Crippen LogP contribution in [0.3, 0.4) is 0 Å². The molecule has 2 heteroatoms. The lowest BCUT2D eigenvalue weighted by atomic mass is 10.1. The summed E-state index contributed by atoms with van der Waals surface area (Å²) in [6.07, 6.45) is 4.93. The molecule has 1 aromatic heterocycles. The Morgan fingerprint density at radius 3 is 2.92 bits per heavy atom. The molecule has 0 saturated heterocycles. The summed E-state index contributed by atoms with van der Waals surface area (Å²) in [6.45, 7) is 4.22. The number of aromatic nitrogens is 1. The van der Waals surface area contributed by atoms with Crippen molar-refractivity contribution in [3.63, 3.8) is 0 Å². The third kappa shape index (κ3) is 3.15. The zero-order valence-electron chi connectivity index (χ0n) is 8.46. The van der Waals surface area contributed by atoms with Gasteiger partial charge < -0.3 is 5.73 Å². The molecule has 0 aliphatic heterocycles. The van der Waals surface area contributed by atoms with Crippen LogP contribution >= 0.6 is 0 Å². The second-order valence-corrected chi connectivity index (χ2v) is 3.47. The lowest BCUT2D eigenvalue weighted by Crippen LogP contribution is -2.19. The van der Waals surface area contributed by atoms with Crippen molar-refractivity contribution in [1.82, 2.24) is 4.98 Å². The molecule has 0 amide bonds. The van der Waals surface area contributed by atoms with Crippen LogP contribution < -0.4 is 5.73 Å². The van der Waals surface area contributed by atoms with Gasteiger partial charge in [0.25, 0.3) is 0 Å². The Balaban J connectivity index is 2.50. The van der Waals surface area contributed by atoms with E-state index in [-0.39, 0.29) is 0 Å². The molecule has 0 aliphatic rings. The molecule has 0 saturated carbocycles. The van der Waals surface area contributed by atoms with Crippen molar-refractivity contribution in [3.8, 4) is 0 Å². The molecular weight excluding hydrogens is 160 g/mol. The number of pyridine rings is 1. The van der Waals surface area contributed by atoms with Gasteiger partial charge in [0.15, 0.2) is 0 Å². The number of nitrogens with two attached hydrogens (primary N) is 1. The third-order valence-electron chi connectivity index (χ3n) is 2.39. The first-order valence-electron chi connectivity index (χ1n) is 4.90. The van der Waals surface area contributed by atoms with E-state index in [1.807, 2.05) is 12.3 Å². The quantitative estimate of drug-likeness (QED) is 0.766. The fourth-order valence-electron chi connectivity index (χ4n) is 1.31. The zero-order valence-corrected chi connectivity index (χ0v) is 8.46. The Bertz CT molecular complexity index is 258. The first kappa shape index (κ1) is 10.2. The van der Waals surface area contributed by atoms with Gasteiger partial charge in [-0.25, -0.2) is 0 Å². The topological polar surface area (TPSA) is 38.9 Å². The van der Waals surface area contributed by atoms with Gasteiger partial charge in [0.1, 0.15) is 0 Å². The molecule has 0 aromatic carbocycles. The van der Waals surface area contributed by atoms with Gasteiger partial charge in [0, 0.05) is 17.9 Å². The highest BCUT2D eigenvalue weighted by atomic mass is 14.7. The highest BCUT2D eigenvalue weighted by molar-refractivity contribution is 5.17. The molecule has 0 radical (unpaired) electrons. The monoisotopic (exact) mass is 178 g/mol. The van der Waals surface area contributed by atoms with Crippen molar-refractivity contribution >= 4 is 0 Å². The van der Waals surface area contributed by atoms with Gasteiger partial charge in [0.2, 0.25) is 0 Å². The number of nitrogens with zero attached hydrogens (tertiary/aromatic N) is 1. The maximum Gasteiger partial charge on any atom is 0.0433 e. The van der Waals surface area contributed by atoms with E-state index in [0.717, 1.165) is 19.3 Å². The summed E-state index contributed by atoms with van der Waals surface area (Å²) in [6, 6.07) is 4.39. The van der Waals surface area contributed by atoms with E-state index in [9.17, 15) is 0 Å². The normalized spacial score (nSPS) is 12.8. The molecule has 0 fully saturated rings. The predicted octanol–water partition coefficient (Wildman–Crippen LogP) is 2.06. The van der Waals surface area contributed by atoms with Crippen LogP contribution in [0.1, 0.15) is 31.0 Å². The lowest BCUT2D eigenvalue weighted by Gasteiger charge is -2.08. The molecule has 0 bridgehead atoms. The van der Waals surface area contributed by atoms with Gasteiger partial charge in [-0.05, 0) is 37.8 Å². The highest BCUT2D eigenvalue weighted by Gasteiger charge is 2.02. The lowest BCUT2D eigenvalue weighted by molar-refractivity contribution is 0.590. The minimum absolute atomic E-state index is 0.321. The summed E-state index contributed by atoms with van der Waals surface area (Å²) in [7, 11) is 0. The summed E-state index contributed by atoms with van der Waals surface area (Å²) in [5.41, 5.74) is 8.30. The van der Waals surface area contributed by atoms with E-state index in [0.29, 0.717) is 6.04 Å². The Kier molecular flexibility index (Phi) is 3.90. The van der Waals surface area contributed by atoms with Gasteiger partial charge in [-0.15, -0.1) is 0 Å². The Morgan fingerprint density at radius 1 is 1.54 bits per heavy atom. The van der Waals surface area contributed by atoms with Crippen LogP contribution in [0.15, 0.2) is 18.3 Å². The molecule has 0 spiro atoms. The van der Waals surface area contributed by atoms with Crippen LogP contribution in [0.2, 0.25) is 0 Å². The molecule has 2 nitrogen and oxygen atoms in total. The summed E-state index contributed by atoms with van der Waals surface area (Å²) in [5, 5.41) is 0. The molecule has 2 N–H and O–H groups in total. The van der Waals surface area contributed by atoms with Crippen molar-refractivity contribution in [2.75, 3.05) is 0 Å². The SMILES string of the molecule is CC[C@@H](N)CCc1ncccc1C. The average Bonchev–Trinajstić information content (AvgIpc) is 2.16. The molecule has 13 heavy (non-hydrogen) atoms. The number of hydrogen-bond acceptors (Lipinski definition) is 2. The van der Waals surface area contributed by atoms with Crippen molar-refractivity contribution in [3.05, 3.63) is 29.6 Å². The second-order valence-electron chi connectivity index (χ2n) is 3.47. The largest absolute Gasteiger partial charge is 0.328 e. The van der Waals surface area contributed by atoms with Crippen LogP contribution in [-0.4, -0.2) is 11.0 Å². The van der Waals surface area contributed by atoms with E-state index in [4.69, 9.17) is 5.73 Å². The number of rotatable bonds is 4. The van der Waals surface area contributed by atoms with Gasteiger partial charge in [-0.2, -0.15) is 0 Å². The number of hydrogen-bond donors (Lipinski definition) is 1. The highest BCUT2D eigenvalue weighted by Crippen LogP contribution is 2.07. The summed E-state index contributed by atoms with van der Waals surface area (Å²) >= 11 is 0. The van der Waals surface area contributed by atoms with E-state index >= 15 is 0 Å². The Morgan fingerprint density at radius 2 is 2.31 bits per heavy atom. The van der Waals surface area contributed by atoms with Crippen molar-refractivity contribution in [2.45, 2.75) is 39.2 Å². The van der Waals surface area contributed by atoms with Crippen LogP contribution in [0.25, 0.3) is 0 Å². The Hall–Kier alpha value is -0.890. The molecule has 1 heterocycles. The van der Waals surface area contributed by atoms with Gasteiger partial charge >= 0.3 is 0 Å². The summed E-state index contributed by atoms with van der Waals surface area (Å²) in [5.74, 6) is 0. The molecule has 0 aliphatic carbocycles. The first-order chi connectivity index (χ1) is 6.24. The fraction of sp³-hybridized carbons (Fsp3) is 0.545. The van der Waals surface area contributed by atoms with Crippen LogP contribution in [0, 0.1) is 6.92 Å². The zero-order chi connectivity index (χ0) is 9.68. The standard InChI is InChI=1S/C11H18N2/c1-3-10(12)6-7-11-9(2)5-4-8-13-11/h4-5,8,10H,3,6-7,12H2,1-2H3/t10-/m1/s1. The van der Waals surface area contributed by atoms with E-state index in [1.54, 1.807) is 0 Å². The summed E-state index contributed by atoms with van der Waals surface area (Å²) < 4.78 is 0. The second kappa shape index (κ2) is 4.97. The Labute approximate surface area is 80.2 Å². The van der Waals surface area contributed by atoms with Gasteiger partial charge in [-0.3, -0.25) is 4.98 Å². The maximum absolute atomic E-state index is 5.84. The van der Waals surface area contributed by atoms with Crippen molar-refractivity contribution in [2.24, 2.45) is 5.73 Å². The minimum Gasteiger partial charge on any atom is -0.328 e. The van der Waals surface area contributed by atoms with Gasteiger partial charge in [0.05, 0.1) is 0 Å². The summed E-state index contributed by atoms with van der Waals surface area (Å²) in [4.78, 5) is 4.33. The fourth-order valence-corrected chi connectivity index (χ4v) is 1.31. The van der Waals surface area contributed by atoms with Crippen LogP contribution in [0.5, 0.6) is 0 Å². The molecule has 1 aromatic rings. The van der Waals surface area contributed by atoms with Gasteiger partial charge in [-0.1, -0.05) is 13.0 Å². The van der Waals surface area contributed by atoms with Crippen LogP contribution in [-0.2, 0) is 6.42 Å². The molecule has 1 rings (SSSR count). The molecule has 1 atom stereocenters. The van der Waals surface area contributed by atoms with Crippen molar-refractivity contribution < 1.29 is 0 Å². The van der Waals surface area contributed by atoms with Crippen molar-refractivity contribution in [1.29, 1.82) is 0 Å². The maximum atomic E-state index is 5.84. The van der Waals surface area contributed by atoms with Crippen LogP contribution in [0.4, 0.5) is 0 Å². The third-order valence-corrected chi connectivity index (χ3v) is 2.39. The minimum atomic E-state index is 0.321. The van der Waals surface area contributed by atoms with E-state index < -0.39 is 0 Å². The van der Waals surface area contributed by atoms with E-state index in [1.165, 1.54) is 11.3 Å².